The lowest BCUT2D eigenvalue weighted by molar-refractivity contribution is 0.565. The van der Waals surface area contributed by atoms with Gasteiger partial charge in [0.15, 0.2) is 0 Å². The fraction of sp³-hybridized carbons (Fsp3) is 0.101. The Hall–Kier alpha value is -8.46. The summed E-state index contributed by atoms with van der Waals surface area (Å²) in [6.45, 7) is 9.56. The van der Waals surface area contributed by atoms with Crippen molar-refractivity contribution in [3.63, 3.8) is 0 Å². The molecule has 0 N–H and O–H groups in total. The number of nitrogens with zero attached hydrogens (tertiary/aromatic N) is 2. The molecule has 1 atom stereocenters. The normalized spacial score (nSPS) is 15.3. The van der Waals surface area contributed by atoms with Crippen molar-refractivity contribution in [2.75, 3.05) is 4.90 Å². The third-order valence-corrected chi connectivity index (χ3v) is 16.5. The van der Waals surface area contributed by atoms with Crippen molar-refractivity contribution < 1.29 is 0 Å². The molecule has 11 aromatic carbocycles. The Kier molecular flexibility index (Phi) is 9.07. The molecule has 1 unspecified atom stereocenters. The average Bonchev–Trinajstić information content (AvgIpc) is 3.98. The molecule has 14 rings (SSSR count). The summed E-state index contributed by atoms with van der Waals surface area (Å²) in [5.41, 5.74) is 22.6. The minimum absolute atomic E-state index is 0.0832. The maximum atomic E-state index is 2.53. The Morgan fingerprint density at radius 1 is 0.352 bits per heavy atom. The van der Waals surface area contributed by atoms with Crippen molar-refractivity contribution in [1.82, 2.24) is 4.57 Å². The topological polar surface area (TPSA) is 8.17 Å². The van der Waals surface area contributed by atoms with E-state index in [1.165, 1.54) is 110 Å². The van der Waals surface area contributed by atoms with Gasteiger partial charge in [-0.1, -0.05) is 185 Å². The largest absolute Gasteiger partial charge is 0.310 e. The summed E-state index contributed by atoms with van der Waals surface area (Å²) in [5, 5.41) is 7.44. The van der Waals surface area contributed by atoms with Crippen molar-refractivity contribution >= 4 is 60.4 Å². The van der Waals surface area contributed by atoms with E-state index in [0.717, 1.165) is 29.2 Å². The summed E-state index contributed by atoms with van der Waals surface area (Å²) < 4.78 is 2.40. The van der Waals surface area contributed by atoms with Crippen molar-refractivity contribution in [1.29, 1.82) is 0 Å². The van der Waals surface area contributed by atoms with Gasteiger partial charge in [-0.2, -0.15) is 0 Å². The second-order valence-electron chi connectivity index (χ2n) is 20.5. The molecule has 0 spiro atoms. The fourth-order valence-electron chi connectivity index (χ4n) is 12.9. The van der Waals surface area contributed by atoms with Crippen molar-refractivity contribution in [2.45, 2.75) is 44.9 Å². The number of aromatic nitrogens is 1. The van der Waals surface area contributed by atoms with Crippen LogP contribution in [0.5, 0.6) is 0 Å². The Morgan fingerprint density at radius 3 is 1.55 bits per heavy atom. The highest BCUT2D eigenvalue weighted by atomic mass is 15.1. The second kappa shape index (κ2) is 15.5. The molecule has 0 radical (unpaired) electrons. The van der Waals surface area contributed by atoms with Gasteiger partial charge in [-0.15, -0.1) is 0 Å². The molecular formula is C69H52N2. The van der Waals surface area contributed by atoms with E-state index in [1.54, 1.807) is 0 Å². The molecule has 0 saturated heterocycles. The highest BCUT2D eigenvalue weighted by Crippen LogP contribution is 2.55. The lowest BCUT2D eigenvalue weighted by atomic mass is 9.77. The predicted molar refractivity (Wildman–Crippen MR) is 301 cm³/mol. The van der Waals surface area contributed by atoms with Crippen LogP contribution in [0, 0.1) is 0 Å². The highest BCUT2D eigenvalue weighted by Gasteiger charge is 2.39. The molecular weight excluding hydrogens is 857 g/mol. The molecule has 2 heteroatoms. The molecule has 1 heterocycles. The molecule has 1 aromatic heterocycles. The van der Waals surface area contributed by atoms with E-state index in [9.17, 15) is 0 Å². The summed E-state index contributed by atoms with van der Waals surface area (Å²) in [6.07, 6.45) is 1.02. The first kappa shape index (κ1) is 41.5. The minimum atomic E-state index is -0.140. The molecule has 0 saturated carbocycles. The Morgan fingerprint density at radius 2 is 0.845 bits per heavy atom. The molecule has 71 heavy (non-hydrogen) atoms. The number of hydrogen-bond acceptors (Lipinski definition) is 1. The lowest BCUT2D eigenvalue weighted by Gasteiger charge is -2.28. The number of hydrogen-bond donors (Lipinski definition) is 0. The van der Waals surface area contributed by atoms with Crippen molar-refractivity contribution in [3.05, 3.63) is 253 Å². The zero-order valence-electron chi connectivity index (χ0n) is 40.5. The average molecular weight is 909 g/mol. The monoisotopic (exact) mass is 908 g/mol. The third-order valence-electron chi connectivity index (χ3n) is 16.5. The highest BCUT2D eigenvalue weighted by molar-refractivity contribution is 6.22. The number of anilines is 3. The summed E-state index contributed by atoms with van der Waals surface area (Å²) in [4.78, 5) is 2.45. The Labute approximate surface area is 415 Å². The van der Waals surface area contributed by atoms with E-state index in [0.29, 0.717) is 0 Å². The van der Waals surface area contributed by atoms with Crippen molar-refractivity contribution in [3.8, 4) is 50.2 Å². The lowest BCUT2D eigenvalue weighted by Crippen LogP contribution is -2.19. The van der Waals surface area contributed by atoms with Gasteiger partial charge in [0.05, 0.1) is 11.0 Å². The van der Waals surface area contributed by atoms with E-state index in [4.69, 9.17) is 0 Å². The summed E-state index contributed by atoms with van der Waals surface area (Å²) in [5.74, 6) is 0. The molecule has 12 aromatic rings. The van der Waals surface area contributed by atoms with Crippen LogP contribution in [0.1, 0.15) is 56.4 Å². The summed E-state index contributed by atoms with van der Waals surface area (Å²) in [7, 11) is 0. The molecule has 2 aliphatic rings. The number of para-hydroxylation sites is 3. The molecule has 338 valence electrons. The van der Waals surface area contributed by atoms with Crippen LogP contribution < -0.4 is 4.90 Å². The van der Waals surface area contributed by atoms with Gasteiger partial charge in [0.2, 0.25) is 0 Å². The minimum Gasteiger partial charge on any atom is -0.310 e. The molecule has 2 nitrogen and oxygen atoms in total. The van der Waals surface area contributed by atoms with Crippen LogP contribution in [-0.4, -0.2) is 4.57 Å². The first-order valence-electron chi connectivity index (χ1n) is 25.2. The molecule has 0 fully saturated rings. The maximum absolute atomic E-state index is 2.53. The zero-order chi connectivity index (χ0) is 47.6. The van der Waals surface area contributed by atoms with Crippen LogP contribution in [0.15, 0.2) is 231 Å². The van der Waals surface area contributed by atoms with Crippen molar-refractivity contribution in [2.24, 2.45) is 0 Å². The van der Waals surface area contributed by atoms with E-state index in [1.807, 2.05) is 0 Å². The van der Waals surface area contributed by atoms with E-state index in [-0.39, 0.29) is 10.8 Å². The SMILES string of the molecule is CCC1(C)c2ccccc2-c2ccc(-c3c4ccccc4c(-c4ccc5c(c4)C(C)(C)c4ccccc4-5)c4cc(N(c5ccccc5)c5ccc6c(c5)c5ccccc5n6-c5ccccc5)ccc34)cc21. The zero-order valence-corrected chi connectivity index (χ0v) is 40.5. The van der Waals surface area contributed by atoms with E-state index in [2.05, 4.69) is 268 Å². The van der Waals surface area contributed by atoms with Crippen LogP contribution in [0.25, 0.3) is 93.5 Å². The summed E-state index contributed by atoms with van der Waals surface area (Å²) in [6, 6.07) is 86.5. The Bertz CT molecular complexity index is 4140. The van der Waals surface area contributed by atoms with Crippen LogP contribution in [0.4, 0.5) is 17.1 Å². The third kappa shape index (κ3) is 6.01. The first-order valence-corrected chi connectivity index (χ1v) is 25.2. The van der Waals surface area contributed by atoms with Crippen LogP contribution in [0.2, 0.25) is 0 Å². The van der Waals surface area contributed by atoms with Crippen LogP contribution in [-0.2, 0) is 10.8 Å². The maximum Gasteiger partial charge on any atom is 0.0542 e. The molecule has 2 aliphatic carbocycles. The van der Waals surface area contributed by atoms with E-state index < -0.39 is 0 Å². The fourth-order valence-corrected chi connectivity index (χ4v) is 12.9. The van der Waals surface area contributed by atoms with Gasteiger partial charge in [-0.25, -0.2) is 0 Å². The summed E-state index contributed by atoms with van der Waals surface area (Å²) >= 11 is 0. The van der Waals surface area contributed by atoms with Gasteiger partial charge in [0.1, 0.15) is 0 Å². The Balaban J connectivity index is 1.04. The second-order valence-corrected chi connectivity index (χ2v) is 20.5. The number of benzene rings is 11. The van der Waals surface area contributed by atoms with Gasteiger partial charge < -0.3 is 9.47 Å². The molecule has 0 aliphatic heterocycles. The van der Waals surface area contributed by atoms with Crippen LogP contribution >= 0.6 is 0 Å². The van der Waals surface area contributed by atoms with Gasteiger partial charge >= 0.3 is 0 Å². The molecule has 0 amide bonds. The van der Waals surface area contributed by atoms with E-state index >= 15 is 0 Å². The quantitative estimate of drug-likeness (QED) is 0.145. The van der Waals surface area contributed by atoms with Gasteiger partial charge in [0, 0.05) is 44.4 Å². The smallest absolute Gasteiger partial charge is 0.0542 e. The predicted octanol–water partition coefficient (Wildman–Crippen LogP) is 18.9. The van der Waals surface area contributed by atoms with Crippen LogP contribution in [0.3, 0.4) is 0 Å². The number of fused-ring (bicyclic) bond motifs is 11. The van der Waals surface area contributed by atoms with Gasteiger partial charge in [-0.3, -0.25) is 0 Å². The van der Waals surface area contributed by atoms with Gasteiger partial charge in [0.25, 0.3) is 0 Å². The first-order chi connectivity index (χ1) is 34.8. The standard InChI is InChI=1S/C69H52N2/c1-5-69(4)61-30-18-15-25-51(61)53-37-33-45(41-63(53)69)66-55-27-12-13-28-56(55)67(44-32-36-52-50-24-14-17-29-60(50)68(2,3)62(52)40-44)59-43-48(34-38-57(59)66)70(46-20-8-6-9-21-46)49-35-39-65-58(42-49)54-26-16-19-31-64(54)71(65)47-22-10-7-11-23-47/h6-43H,5H2,1-4H3. The molecule has 0 bridgehead atoms. The van der Waals surface area contributed by atoms with Gasteiger partial charge in [-0.05, 0) is 168 Å². The number of rotatable bonds is 7.